The zero-order valence-electron chi connectivity index (χ0n) is 13.1. The largest absolute Gasteiger partial charge is 0.493 e. The Labute approximate surface area is 156 Å². The third-order valence-electron chi connectivity index (χ3n) is 3.13. The average molecular weight is 457 g/mol. The van der Waals surface area contributed by atoms with E-state index in [1.54, 1.807) is 12.1 Å². The predicted octanol–water partition coefficient (Wildman–Crippen LogP) is 4.36. The molecule has 0 bridgehead atoms. The van der Waals surface area contributed by atoms with Crippen molar-refractivity contribution in [2.45, 2.75) is 6.92 Å². The van der Waals surface area contributed by atoms with Gasteiger partial charge in [-0.05, 0) is 74.7 Å². The number of aldehydes is 1. The Morgan fingerprint density at radius 3 is 2.42 bits per heavy atom. The SMILES string of the molecule is COc1ccc(C=O)cc1OCC(=O)Nc1c(Br)cc(C)cc1Br. The molecular formula is C17H15Br2NO4. The minimum atomic E-state index is -0.334. The fourth-order valence-electron chi connectivity index (χ4n) is 2.02. The Balaban J connectivity index is 2.08. The quantitative estimate of drug-likeness (QED) is 0.656. The molecule has 7 heteroatoms. The highest BCUT2D eigenvalue weighted by molar-refractivity contribution is 9.11. The number of halogens is 2. The van der Waals surface area contributed by atoms with Gasteiger partial charge in [-0.25, -0.2) is 0 Å². The summed E-state index contributed by atoms with van der Waals surface area (Å²) in [6.45, 7) is 1.74. The van der Waals surface area contributed by atoms with Crippen LogP contribution in [0.25, 0.3) is 0 Å². The number of aryl methyl sites for hydroxylation is 1. The lowest BCUT2D eigenvalue weighted by atomic mass is 10.2. The number of nitrogens with one attached hydrogen (secondary N) is 1. The highest BCUT2D eigenvalue weighted by Crippen LogP contribution is 2.32. The minimum absolute atomic E-state index is 0.217. The van der Waals surface area contributed by atoms with E-state index < -0.39 is 0 Å². The number of hydrogen-bond acceptors (Lipinski definition) is 4. The molecule has 0 heterocycles. The summed E-state index contributed by atoms with van der Waals surface area (Å²) >= 11 is 6.84. The maximum absolute atomic E-state index is 12.1. The fraction of sp³-hybridized carbons (Fsp3) is 0.176. The lowest BCUT2D eigenvalue weighted by Gasteiger charge is -2.13. The first-order valence-electron chi connectivity index (χ1n) is 6.96. The van der Waals surface area contributed by atoms with Gasteiger partial charge in [0.2, 0.25) is 0 Å². The van der Waals surface area contributed by atoms with Crippen molar-refractivity contribution >= 4 is 49.7 Å². The second-order valence-corrected chi connectivity index (χ2v) is 6.68. The van der Waals surface area contributed by atoms with Crippen molar-refractivity contribution in [1.82, 2.24) is 0 Å². The van der Waals surface area contributed by atoms with Crippen molar-refractivity contribution in [1.29, 1.82) is 0 Å². The number of amides is 1. The van der Waals surface area contributed by atoms with Crippen LogP contribution in [0.3, 0.4) is 0 Å². The highest BCUT2D eigenvalue weighted by atomic mass is 79.9. The van der Waals surface area contributed by atoms with Crippen molar-refractivity contribution in [3.63, 3.8) is 0 Å². The van der Waals surface area contributed by atoms with Crippen LogP contribution in [0.15, 0.2) is 39.3 Å². The van der Waals surface area contributed by atoms with Crippen LogP contribution >= 0.6 is 31.9 Å². The third-order valence-corrected chi connectivity index (χ3v) is 4.38. The van der Waals surface area contributed by atoms with Crippen LogP contribution in [0.4, 0.5) is 5.69 Å². The molecule has 0 fully saturated rings. The number of ether oxygens (including phenoxy) is 2. The van der Waals surface area contributed by atoms with E-state index in [4.69, 9.17) is 9.47 Å². The maximum Gasteiger partial charge on any atom is 0.262 e. The summed E-state index contributed by atoms with van der Waals surface area (Å²) in [6, 6.07) is 8.55. The molecule has 0 spiro atoms. The molecule has 0 radical (unpaired) electrons. The van der Waals surface area contributed by atoms with Gasteiger partial charge in [0.15, 0.2) is 18.1 Å². The zero-order valence-corrected chi connectivity index (χ0v) is 16.2. The van der Waals surface area contributed by atoms with Crippen LogP contribution < -0.4 is 14.8 Å². The molecule has 0 aliphatic carbocycles. The monoisotopic (exact) mass is 455 g/mol. The van der Waals surface area contributed by atoms with Gasteiger partial charge in [0.25, 0.3) is 5.91 Å². The van der Waals surface area contributed by atoms with Gasteiger partial charge in [-0.2, -0.15) is 0 Å². The Morgan fingerprint density at radius 1 is 1.17 bits per heavy atom. The van der Waals surface area contributed by atoms with Crippen LogP contribution in [0.2, 0.25) is 0 Å². The molecule has 2 aromatic carbocycles. The van der Waals surface area contributed by atoms with E-state index >= 15 is 0 Å². The van der Waals surface area contributed by atoms with Gasteiger partial charge in [-0.1, -0.05) is 0 Å². The summed E-state index contributed by atoms with van der Waals surface area (Å²) in [6.07, 6.45) is 0.701. The smallest absolute Gasteiger partial charge is 0.262 e. The molecule has 1 N–H and O–H groups in total. The number of hydrogen-bond donors (Lipinski definition) is 1. The zero-order chi connectivity index (χ0) is 17.7. The molecule has 0 saturated carbocycles. The van der Waals surface area contributed by atoms with Crippen LogP contribution in [-0.4, -0.2) is 25.9 Å². The van der Waals surface area contributed by atoms with E-state index in [0.29, 0.717) is 29.0 Å². The molecule has 2 rings (SSSR count). The van der Waals surface area contributed by atoms with Crippen molar-refractivity contribution in [2.24, 2.45) is 0 Å². The minimum Gasteiger partial charge on any atom is -0.493 e. The molecule has 0 unspecified atom stereocenters. The number of carbonyl (C=O) groups excluding carboxylic acids is 2. The molecule has 2 aromatic rings. The number of anilines is 1. The van der Waals surface area contributed by atoms with Gasteiger partial charge in [-0.3, -0.25) is 9.59 Å². The van der Waals surface area contributed by atoms with E-state index in [-0.39, 0.29) is 12.5 Å². The van der Waals surface area contributed by atoms with Crippen LogP contribution in [-0.2, 0) is 4.79 Å². The number of carbonyl (C=O) groups is 2. The third kappa shape index (κ3) is 4.58. The first-order chi connectivity index (χ1) is 11.4. The summed E-state index contributed by atoms with van der Waals surface area (Å²) < 4.78 is 12.2. The molecule has 126 valence electrons. The lowest BCUT2D eigenvalue weighted by Crippen LogP contribution is -2.21. The molecular weight excluding hydrogens is 442 g/mol. The van der Waals surface area contributed by atoms with Gasteiger partial charge < -0.3 is 14.8 Å². The van der Waals surface area contributed by atoms with Crippen LogP contribution in [0, 0.1) is 6.92 Å². The van der Waals surface area contributed by atoms with Crippen molar-refractivity contribution in [3.8, 4) is 11.5 Å². The number of methoxy groups -OCH3 is 1. The van der Waals surface area contributed by atoms with Gasteiger partial charge in [0.1, 0.15) is 6.29 Å². The second kappa shape index (κ2) is 8.30. The van der Waals surface area contributed by atoms with E-state index in [1.165, 1.54) is 13.2 Å². The van der Waals surface area contributed by atoms with Gasteiger partial charge >= 0.3 is 0 Å². The molecule has 0 aliphatic rings. The second-order valence-electron chi connectivity index (χ2n) is 4.97. The summed E-state index contributed by atoms with van der Waals surface area (Å²) in [4.78, 5) is 23.0. The summed E-state index contributed by atoms with van der Waals surface area (Å²) in [5, 5.41) is 2.77. The normalized spacial score (nSPS) is 10.2. The van der Waals surface area contributed by atoms with Crippen LogP contribution in [0.1, 0.15) is 15.9 Å². The Hall–Kier alpha value is -1.86. The van der Waals surface area contributed by atoms with Crippen molar-refractivity contribution in [3.05, 3.63) is 50.4 Å². The van der Waals surface area contributed by atoms with E-state index in [0.717, 1.165) is 14.5 Å². The van der Waals surface area contributed by atoms with Crippen molar-refractivity contribution in [2.75, 3.05) is 19.0 Å². The van der Waals surface area contributed by atoms with Gasteiger partial charge in [0.05, 0.1) is 12.8 Å². The molecule has 0 atom stereocenters. The molecule has 24 heavy (non-hydrogen) atoms. The molecule has 0 saturated heterocycles. The summed E-state index contributed by atoms with van der Waals surface area (Å²) in [5.74, 6) is 0.448. The molecule has 1 amide bonds. The predicted molar refractivity (Wildman–Crippen MR) is 99.1 cm³/mol. The van der Waals surface area contributed by atoms with Crippen molar-refractivity contribution < 1.29 is 19.1 Å². The highest BCUT2D eigenvalue weighted by Gasteiger charge is 2.12. The first kappa shape index (κ1) is 18.5. The van der Waals surface area contributed by atoms with E-state index in [1.807, 2.05) is 19.1 Å². The Bertz CT molecular complexity index is 754. The molecule has 0 aliphatic heterocycles. The van der Waals surface area contributed by atoms with Gasteiger partial charge in [-0.15, -0.1) is 0 Å². The summed E-state index contributed by atoms with van der Waals surface area (Å²) in [5.41, 5.74) is 2.12. The fourth-order valence-corrected chi connectivity index (χ4v) is 3.63. The topological polar surface area (TPSA) is 64.6 Å². The molecule has 0 aromatic heterocycles. The van der Waals surface area contributed by atoms with E-state index in [9.17, 15) is 9.59 Å². The summed E-state index contributed by atoms with van der Waals surface area (Å²) in [7, 11) is 1.49. The number of benzene rings is 2. The standard InChI is InChI=1S/C17H15Br2NO4/c1-10-5-12(18)17(13(19)6-10)20-16(22)9-24-15-7-11(8-21)3-4-14(15)23-2/h3-8H,9H2,1-2H3,(H,20,22). The number of rotatable bonds is 6. The molecule has 5 nitrogen and oxygen atoms in total. The van der Waals surface area contributed by atoms with Crippen LogP contribution in [0.5, 0.6) is 11.5 Å². The first-order valence-corrected chi connectivity index (χ1v) is 8.54. The Morgan fingerprint density at radius 2 is 1.83 bits per heavy atom. The maximum atomic E-state index is 12.1. The van der Waals surface area contributed by atoms with Gasteiger partial charge in [0, 0.05) is 14.5 Å². The average Bonchev–Trinajstić information content (AvgIpc) is 2.55. The van der Waals surface area contributed by atoms with E-state index in [2.05, 4.69) is 37.2 Å². The lowest BCUT2D eigenvalue weighted by molar-refractivity contribution is -0.118. The Kier molecular flexibility index (Phi) is 6.39.